The van der Waals surface area contributed by atoms with Crippen LogP contribution in [0.25, 0.3) is 0 Å². The van der Waals surface area contributed by atoms with Crippen LogP contribution in [0.3, 0.4) is 0 Å². The molecule has 0 aliphatic heterocycles. The standard InChI is InChI=1S/C22H19N3O4S/c26-21(13-16-5-2-1-3-6-16)24-18-7-4-8-20(14-18)30-15-22(27)23-17-9-11-19(12-10-17)25(28)29/h1-12,14H,13,15H2,(H,23,27)(H,24,26). The van der Waals surface area contributed by atoms with Gasteiger partial charge in [0.2, 0.25) is 11.8 Å². The largest absolute Gasteiger partial charge is 0.326 e. The summed E-state index contributed by atoms with van der Waals surface area (Å²) in [7, 11) is 0. The lowest BCUT2D eigenvalue weighted by atomic mass is 10.1. The number of amides is 2. The van der Waals surface area contributed by atoms with Crippen LogP contribution in [0.2, 0.25) is 0 Å². The number of non-ortho nitro benzene ring substituents is 1. The Labute approximate surface area is 177 Å². The zero-order chi connectivity index (χ0) is 21.3. The van der Waals surface area contributed by atoms with Gasteiger partial charge in [-0.3, -0.25) is 19.7 Å². The van der Waals surface area contributed by atoms with Crippen LogP contribution in [0.4, 0.5) is 17.1 Å². The minimum absolute atomic E-state index is 0.0338. The zero-order valence-electron chi connectivity index (χ0n) is 15.9. The molecule has 3 aromatic carbocycles. The van der Waals surface area contributed by atoms with Crippen LogP contribution in [0.1, 0.15) is 5.56 Å². The highest BCUT2D eigenvalue weighted by Gasteiger charge is 2.08. The highest BCUT2D eigenvalue weighted by Crippen LogP contribution is 2.22. The van der Waals surface area contributed by atoms with Gasteiger partial charge in [-0.2, -0.15) is 0 Å². The molecule has 0 spiro atoms. The van der Waals surface area contributed by atoms with E-state index < -0.39 is 4.92 Å². The number of nitro benzene ring substituents is 1. The van der Waals surface area contributed by atoms with Gasteiger partial charge in [0, 0.05) is 28.4 Å². The Morgan fingerprint density at radius 3 is 2.23 bits per heavy atom. The molecule has 0 saturated heterocycles. The molecule has 3 rings (SSSR count). The molecule has 2 amide bonds. The Bertz CT molecular complexity index is 1040. The van der Waals surface area contributed by atoms with Crippen molar-refractivity contribution in [3.8, 4) is 0 Å². The van der Waals surface area contributed by atoms with Gasteiger partial charge in [-0.1, -0.05) is 36.4 Å². The quantitative estimate of drug-likeness (QED) is 0.317. The number of hydrogen-bond donors (Lipinski definition) is 2. The van der Waals surface area contributed by atoms with E-state index in [9.17, 15) is 19.7 Å². The molecule has 0 aliphatic rings. The maximum absolute atomic E-state index is 12.2. The van der Waals surface area contributed by atoms with Gasteiger partial charge >= 0.3 is 0 Å². The maximum atomic E-state index is 12.2. The lowest BCUT2D eigenvalue weighted by molar-refractivity contribution is -0.384. The lowest BCUT2D eigenvalue weighted by Crippen LogP contribution is -2.15. The van der Waals surface area contributed by atoms with E-state index in [2.05, 4.69) is 10.6 Å². The van der Waals surface area contributed by atoms with Crippen LogP contribution in [0.15, 0.2) is 83.8 Å². The number of nitrogens with one attached hydrogen (secondary N) is 2. The van der Waals surface area contributed by atoms with Crippen molar-refractivity contribution in [2.24, 2.45) is 0 Å². The number of carbonyl (C=O) groups excluding carboxylic acids is 2. The van der Waals surface area contributed by atoms with E-state index in [-0.39, 0.29) is 29.7 Å². The van der Waals surface area contributed by atoms with Crippen molar-refractivity contribution >= 4 is 40.6 Å². The average molecular weight is 421 g/mol. The number of rotatable bonds is 8. The molecular formula is C22H19N3O4S. The fourth-order valence-electron chi connectivity index (χ4n) is 2.66. The van der Waals surface area contributed by atoms with Gasteiger partial charge in [-0.05, 0) is 35.9 Å². The van der Waals surface area contributed by atoms with Gasteiger partial charge in [-0.25, -0.2) is 0 Å². The third-order valence-electron chi connectivity index (χ3n) is 4.06. The number of benzene rings is 3. The normalized spacial score (nSPS) is 10.3. The number of nitrogens with zero attached hydrogens (tertiary/aromatic N) is 1. The van der Waals surface area contributed by atoms with Crippen LogP contribution in [0.5, 0.6) is 0 Å². The first kappa shape index (κ1) is 21.1. The lowest BCUT2D eigenvalue weighted by Gasteiger charge is -2.08. The van der Waals surface area contributed by atoms with Crippen molar-refractivity contribution in [3.05, 3.63) is 94.5 Å². The molecule has 152 valence electrons. The summed E-state index contributed by atoms with van der Waals surface area (Å²) in [4.78, 5) is 35.4. The number of thioether (sulfide) groups is 1. The molecule has 0 unspecified atom stereocenters. The van der Waals surface area contributed by atoms with E-state index in [1.807, 2.05) is 48.5 Å². The van der Waals surface area contributed by atoms with Crippen LogP contribution in [-0.2, 0) is 16.0 Å². The fraction of sp³-hybridized carbons (Fsp3) is 0.0909. The van der Waals surface area contributed by atoms with E-state index in [0.717, 1.165) is 10.5 Å². The first-order chi connectivity index (χ1) is 14.5. The second kappa shape index (κ2) is 10.2. The van der Waals surface area contributed by atoms with Crippen LogP contribution >= 0.6 is 11.8 Å². The number of nitro groups is 1. The molecule has 3 aromatic rings. The summed E-state index contributed by atoms with van der Waals surface area (Å²) in [5, 5.41) is 16.2. The van der Waals surface area contributed by atoms with Gasteiger partial charge in [0.15, 0.2) is 0 Å². The van der Waals surface area contributed by atoms with E-state index in [1.54, 1.807) is 6.07 Å². The minimum atomic E-state index is -0.493. The van der Waals surface area contributed by atoms with Gasteiger partial charge in [0.1, 0.15) is 0 Å². The molecular weight excluding hydrogens is 402 g/mol. The number of carbonyl (C=O) groups is 2. The fourth-order valence-corrected chi connectivity index (χ4v) is 3.42. The van der Waals surface area contributed by atoms with Crippen molar-refractivity contribution in [2.75, 3.05) is 16.4 Å². The minimum Gasteiger partial charge on any atom is -0.326 e. The third kappa shape index (κ3) is 6.46. The molecule has 0 radical (unpaired) electrons. The Morgan fingerprint density at radius 2 is 1.53 bits per heavy atom. The van der Waals surface area contributed by atoms with Gasteiger partial charge in [0.25, 0.3) is 5.69 Å². The molecule has 0 heterocycles. The molecule has 0 aliphatic carbocycles. The zero-order valence-corrected chi connectivity index (χ0v) is 16.7. The summed E-state index contributed by atoms with van der Waals surface area (Å²) in [5.41, 5.74) is 2.06. The smallest absolute Gasteiger partial charge is 0.269 e. The van der Waals surface area contributed by atoms with E-state index in [4.69, 9.17) is 0 Å². The Kier molecular flexibility index (Phi) is 7.18. The highest BCUT2D eigenvalue weighted by atomic mass is 32.2. The van der Waals surface area contributed by atoms with Crippen molar-refractivity contribution in [3.63, 3.8) is 0 Å². The number of hydrogen-bond acceptors (Lipinski definition) is 5. The summed E-state index contributed by atoms with van der Waals surface area (Å²) in [6.07, 6.45) is 0.288. The van der Waals surface area contributed by atoms with Gasteiger partial charge < -0.3 is 10.6 Å². The SMILES string of the molecule is O=C(CSc1cccc(NC(=O)Cc2ccccc2)c1)Nc1ccc([N+](=O)[O-])cc1. The summed E-state index contributed by atoms with van der Waals surface area (Å²) >= 11 is 1.33. The summed E-state index contributed by atoms with van der Waals surface area (Å²) in [5.74, 6) is -0.176. The highest BCUT2D eigenvalue weighted by molar-refractivity contribution is 8.00. The van der Waals surface area contributed by atoms with Crippen molar-refractivity contribution in [1.82, 2.24) is 0 Å². The molecule has 0 bridgehead atoms. The van der Waals surface area contributed by atoms with E-state index >= 15 is 0 Å². The predicted molar refractivity (Wildman–Crippen MR) is 118 cm³/mol. The van der Waals surface area contributed by atoms with Gasteiger partial charge in [0.05, 0.1) is 17.1 Å². The molecule has 8 heteroatoms. The number of anilines is 2. The van der Waals surface area contributed by atoms with E-state index in [0.29, 0.717) is 11.4 Å². The van der Waals surface area contributed by atoms with Crippen LogP contribution < -0.4 is 10.6 Å². The van der Waals surface area contributed by atoms with E-state index in [1.165, 1.54) is 36.0 Å². The molecule has 2 N–H and O–H groups in total. The van der Waals surface area contributed by atoms with Gasteiger partial charge in [-0.15, -0.1) is 11.8 Å². The Hall–Kier alpha value is -3.65. The first-order valence-electron chi connectivity index (χ1n) is 9.10. The molecule has 7 nitrogen and oxygen atoms in total. The third-order valence-corrected chi connectivity index (χ3v) is 5.05. The average Bonchev–Trinajstić information content (AvgIpc) is 2.73. The maximum Gasteiger partial charge on any atom is 0.269 e. The second-order valence-electron chi connectivity index (χ2n) is 6.38. The van der Waals surface area contributed by atoms with Crippen molar-refractivity contribution < 1.29 is 14.5 Å². The summed E-state index contributed by atoms with van der Waals surface area (Å²) in [6, 6.07) is 22.4. The first-order valence-corrected chi connectivity index (χ1v) is 10.1. The predicted octanol–water partition coefficient (Wildman–Crippen LogP) is 4.51. The molecule has 30 heavy (non-hydrogen) atoms. The topological polar surface area (TPSA) is 101 Å². The molecule has 0 aromatic heterocycles. The van der Waals surface area contributed by atoms with Crippen LogP contribution in [0, 0.1) is 10.1 Å². The summed E-state index contributed by atoms with van der Waals surface area (Å²) < 4.78 is 0. The Balaban J connectivity index is 1.50. The van der Waals surface area contributed by atoms with Crippen LogP contribution in [-0.4, -0.2) is 22.5 Å². The Morgan fingerprint density at radius 1 is 0.833 bits per heavy atom. The van der Waals surface area contributed by atoms with Crippen molar-refractivity contribution in [2.45, 2.75) is 11.3 Å². The second-order valence-corrected chi connectivity index (χ2v) is 7.43. The summed E-state index contributed by atoms with van der Waals surface area (Å²) in [6.45, 7) is 0. The van der Waals surface area contributed by atoms with Crippen molar-refractivity contribution in [1.29, 1.82) is 0 Å². The molecule has 0 atom stereocenters. The molecule has 0 saturated carbocycles. The molecule has 0 fully saturated rings. The monoisotopic (exact) mass is 421 g/mol.